The smallest absolute Gasteiger partial charge is 0.319 e. The quantitative estimate of drug-likeness (QED) is 0.182. The number of imide groups is 1. The highest BCUT2D eigenvalue weighted by Crippen LogP contribution is 2.55. The van der Waals surface area contributed by atoms with Crippen LogP contribution in [0.1, 0.15) is 17.0 Å². The second kappa shape index (κ2) is 8.82. The summed E-state index contributed by atoms with van der Waals surface area (Å²) in [4.78, 5) is 42.9. The van der Waals surface area contributed by atoms with Gasteiger partial charge in [0, 0.05) is 16.5 Å². The van der Waals surface area contributed by atoms with Crippen molar-refractivity contribution in [1.82, 2.24) is 0 Å². The second-order valence-electron chi connectivity index (χ2n) is 10.0. The van der Waals surface area contributed by atoms with Crippen LogP contribution in [0.5, 0.6) is 11.5 Å². The molecule has 0 unspecified atom stereocenters. The van der Waals surface area contributed by atoms with Crippen molar-refractivity contribution < 1.29 is 23.9 Å². The standard InChI is InChI=1S/C32H22ClNO5/c1-38-21-12-9-18(10-13-21)23-16-24-26-22-8-3-2-5-17(22)11-14-25(26)39-32(37)28(24)29-27(23)30(35)34(31(29)36)20-7-4-6-19(33)15-20/h2-16,23,27-29H,1H3/t23-,27-,28-,29+/m0/s1. The van der Waals surface area contributed by atoms with Crippen molar-refractivity contribution in [2.75, 3.05) is 12.0 Å². The molecule has 2 amide bonds. The molecule has 4 aromatic rings. The van der Waals surface area contributed by atoms with Gasteiger partial charge in [-0.2, -0.15) is 0 Å². The van der Waals surface area contributed by atoms with E-state index in [1.807, 2.05) is 60.7 Å². The third-order valence-corrected chi connectivity index (χ3v) is 8.28. The molecule has 4 atom stereocenters. The molecule has 1 aliphatic carbocycles. The lowest BCUT2D eigenvalue weighted by Crippen LogP contribution is -2.42. The van der Waals surface area contributed by atoms with Crippen molar-refractivity contribution in [3.05, 3.63) is 107 Å². The van der Waals surface area contributed by atoms with Gasteiger partial charge in [-0.3, -0.25) is 14.4 Å². The lowest BCUT2D eigenvalue weighted by Gasteiger charge is -2.38. The van der Waals surface area contributed by atoms with E-state index in [1.54, 1.807) is 37.4 Å². The number of methoxy groups -OCH3 is 1. The van der Waals surface area contributed by atoms with Gasteiger partial charge >= 0.3 is 5.97 Å². The van der Waals surface area contributed by atoms with Gasteiger partial charge in [0.05, 0.1) is 30.6 Å². The fourth-order valence-electron chi connectivity index (χ4n) is 6.35. The number of ether oxygens (including phenoxy) is 2. The molecule has 192 valence electrons. The Kier molecular flexibility index (Phi) is 5.35. The highest BCUT2D eigenvalue weighted by atomic mass is 35.5. The van der Waals surface area contributed by atoms with Gasteiger partial charge in [0.15, 0.2) is 0 Å². The maximum absolute atomic E-state index is 14.1. The fraction of sp³-hybridized carbons (Fsp3) is 0.156. The Morgan fingerprint density at radius 2 is 1.62 bits per heavy atom. The van der Waals surface area contributed by atoms with Crippen LogP contribution in [-0.4, -0.2) is 24.9 Å². The van der Waals surface area contributed by atoms with Gasteiger partial charge in [-0.15, -0.1) is 0 Å². The molecule has 2 heterocycles. The van der Waals surface area contributed by atoms with Crippen molar-refractivity contribution in [3.63, 3.8) is 0 Å². The van der Waals surface area contributed by atoms with Crippen molar-refractivity contribution in [3.8, 4) is 11.5 Å². The van der Waals surface area contributed by atoms with E-state index in [0.29, 0.717) is 27.8 Å². The van der Waals surface area contributed by atoms with Gasteiger partial charge in [-0.25, -0.2) is 4.90 Å². The number of benzene rings is 4. The van der Waals surface area contributed by atoms with Gasteiger partial charge < -0.3 is 9.47 Å². The van der Waals surface area contributed by atoms with Gasteiger partial charge in [0.1, 0.15) is 11.5 Å². The number of nitrogens with zero attached hydrogens (tertiary/aromatic N) is 1. The van der Waals surface area contributed by atoms with E-state index in [9.17, 15) is 14.4 Å². The average Bonchev–Trinajstić information content (AvgIpc) is 3.22. The lowest BCUT2D eigenvalue weighted by molar-refractivity contribution is -0.142. The van der Waals surface area contributed by atoms with Gasteiger partial charge in [-0.1, -0.05) is 66.2 Å². The average molecular weight is 536 g/mol. The zero-order valence-corrected chi connectivity index (χ0v) is 21.6. The van der Waals surface area contributed by atoms with E-state index in [1.165, 1.54) is 4.90 Å². The Hall–Kier alpha value is -4.42. The van der Waals surface area contributed by atoms with Crippen LogP contribution >= 0.6 is 11.6 Å². The summed E-state index contributed by atoms with van der Waals surface area (Å²) in [5.74, 6) is -3.26. The van der Waals surface area contributed by atoms with Crippen molar-refractivity contribution >= 4 is 51.4 Å². The largest absolute Gasteiger partial charge is 0.497 e. The van der Waals surface area contributed by atoms with Crippen LogP contribution in [0.4, 0.5) is 5.69 Å². The summed E-state index contributed by atoms with van der Waals surface area (Å²) < 4.78 is 11.2. The molecule has 7 heteroatoms. The van der Waals surface area contributed by atoms with E-state index in [4.69, 9.17) is 21.1 Å². The zero-order chi connectivity index (χ0) is 26.8. The minimum absolute atomic E-state index is 0.361. The monoisotopic (exact) mass is 535 g/mol. The van der Waals surface area contributed by atoms with E-state index in [0.717, 1.165) is 21.9 Å². The van der Waals surface area contributed by atoms with Crippen molar-refractivity contribution in [1.29, 1.82) is 0 Å². The Morgan fingerprint density at radius 1 is 0.846 bits per heavy atom. The predicted octanol–water partition coefficient (Wildman–Crippen LogP) is 6.02. The SMILES string of the molecule is COc1ccc([C@@H]2C=C3c4c(ccc5ccccc45)OC(=O)[C@@H]3[C@@H]3C(=O)N(c4cccc(Cl)c4)C(=O)[C@H]32)cc1. The molecule has 39 heavy (non-hydrogen) atoms. The number of amides is 2. The molecule has 0 spiro atoms. The first-order valence-corrected chi connectivity index (χ1v) is 13.1. The van der Waals surface area contributed by atoms with Crippen LogP contribution in [0.2, 0.25) is 5.02 Å². The molecule has 2 aliphatic heterocycles. The predicted molar refractivity (Wildman–Crippen MR) is 148 cm³/mol. The van der Waals surface area contributed by atoms with Crippen LogP contribution in [0, 0.1) is 17.8 Å². The minimum atomic E-state index is -0.928. The maximum atomic E-state index is 14.1. The molecule has 0 radical (unpaired) electrons. The van der Waals surface area contributed by atoms with Crippen LogP contribution < -0.4 is 14.4 Å². The summed E-state index contributed by atoms with van der Waals surface area (Å²) >= 11 is 6.22. The molecule has 6 nitrogen and oxygen atoms in total. The molecule has 3 aliphatic rings. The lowest BCUT2D eigenvalue weighted by atomic mass is 9.64. The molecule has 0 saturated carbocycles. The Labute approximate surface area is 229 Å². The number of halogens is 1. The number of hydrogen-bond donors (Lipinski definition) is 0. The first-order valence-electron chi connectivity index (χ1n) is 12.7. The van der Waals surface area contributed by atoms with Crippen LogP contribution in [0.25, 0.3) is 16.3 Å². The first-order chi connectivity index (χ1) is 19.0. The minimum Gasteiger partial charge on any atom is -0.497 e. The first kappa shape index (κ1) is 23.7. The number of rotatable bonds is 3. The fourth-order valence-corrected chi connectivity index (χ4v) is 6.54. The molecule has 4 aromatic carbocycles. The summed E-state index contributed by atoms with van der Waals surface area (Å²) in [5, 5.41) is 2.33. The summed E-state index contributed by atoms with van der Waals surface area (Å²) in [6, 6.07) is 25.7. The van der Waals surface area contributed by atoms with Crippen molar-refractivity contribution in [2.45, 2.75) is 5.92 Å². The molecule has 1 saturated heterocycles. The normalized spacial score (nSPS) is 23.6. The van der Waals surface area contributed by atoms with Gasteiger partial charge in [-0.05, 0) is 58.3 Å². The van der Waals surface area contributed by atoms with Crippen LogP contribution in [0.3, 0.4) is 0 Å². The van der Waals surface area contributed by atoms with Crippen molar-refractivity contribution in [2.24, 2.45) is 17.8 Å². The summed E-state index contributed by atoms with van der Waals surface area (Å²) in [7, 11) is 1.59. The molecule has 0 aromatic heterocycles. The number of anilines is 1. The number of fused-ring (bicyclic) bond motifs is 7. The zero-order valence-electron chi connectivity index (χ0n) is 20.8. The van der Waals surface area contributed by atoms with E-state index in [2.05, 4.69) is 0 Å². The van der Waals surface area contributed by atoms with E-state index in [-0.39, 0.29) is 5.91 Å². The molecular weight excluding hydrogens is 514 g/mol. The number of allylic oxidation sites excluding steroid dienone is 1. The highest BCUT2D eigenvalue weighted by molar-refractivity contribution is 6.31. The summed E-state index contributed by atoms with van der Waals surface area (Å²) in [6.07, 6.45) is 1.99. The highest BCUT2D eigenvalue weighted by Gasteiger charge is 2.60. The number of carbonyl (C=O) groups is 3. The Morgan fingerprint density at radius 3 is 2.38 bits per heavy atom. The third kappa shape index (κ3) is 3.52. The Balaban J connectivity index is 1.46. The number of esters is 1. The van der Waals surface area contributed by atoms with Crippen LogP contribution in [0.15, 0.2) is 91.0 Å². The van der Waals surface area contributed by atoms with Gasteiger partial charge in [0.2, 0.25) is 11.8 Å². The van der Waals surface area contributed by atoms with E-state index >= 15 is 0 Å². The second-order valence-corrected chi connectivity index (χ2v) is 10.5. The molecule has 7 rings (SSSR count). The molecular formula is C32H22ClNO5. The number of hydrogen-bond acceptors (Lipinski definition) is 5. The maximum Gasteiger partial charge on any atom is 0.319 e. The third-order valence-electron chi connectivity index (χ3n) is 8.05. The molecule has 0 N–H and O–H groups in total. The van der Waals surface area contributed by atoms with E-state index < -0.39 is 35.5 Å². The summed E-state index contributed by atoms with van der Waals surface area (Å²) in [6.45, 7) is 0. The summed E-state index contributed by atoms with van der Waals surface area (Å²) in [5.41, 5.74) is 2.74. The molecule has 1 fully saturated rings. The van der Waals surface area contributed by atoms with Crippen LogP contribution in [-0.2, 0) is 14.4 Å². The topological polar surface area (TPSA) is 72.9 Å². The molecule has 0 bridgehead atoms. The Bertz CT molecular complexity index is 1730. The van der Waals surface area contributed by atoms with Gasteiger partial charge in [0.25, 0.3) is 0 Å². The number of carbonyl (C=O) groups excluding carboxylic acids is 3.